The number of alkyl halides is 3. The molecule has 1 heterocycles. The molecule has 11 heteroatoms. The third-order valence-electron chi connectivity index (χ3n) is 6.29. The second-order valence-electron chi connectivity index (χ2n) is 9.21. The minimum Gasteiger partial charge on any atom is -0.354 e. The first kappa shape index (κ1) is 28.3. The molecule has 1 aliphatic heterocycles. The van der Waals surface area contributed by atoms with Gasteiger partial charge in [0.1, 0.15) is 6.54 Å². The number of amides is 1. The molecule has 1 fully saturated rings. The molecule has 1 N–H and O–H groups in total. The zero-order chi connectivity index (χ0) is 26.5. The van der Waals surface area contributed by atoms with E-state index in [1.54, 1.807) is 19.1 Å². The number of halogens is 4. The summed E-state index contributed by atoms with van der Waals surface area (Å²) in [6, 6.07) is 8.66. The average molecular weight is 546 g/mol. The van der Waals surface area contributed by atoms with Crippen molar-refractivity contribution in [3.63, 3.8) is 0 Å². The lowest BCUT2D eigenvalue weighted by atomic mass is 9.99. The van der Waals surface area contributed by atoms with Gasteiger partial charge in [-0.05, 0) is 82.1 Å². The van der Waals surface area contributed by atoms with E-state index in [9.17, 15) is 26.4 Å². The van der Waals surface area contributed by atoms with Gasteiger partial charge in [-0.2, -0.15) is 13.2 Å². The van der Waals surface area contributed by atoms with E-state index in [1.165, 1.54) is 12.1 Å². The zero-order valence-electron chi connectivity index (χ0n) is 20.3. The molecule has 0 atom stereocenters. The number of piperidine rings is 1. The van der Waals surface area contributed by atoms with Crippen molar-refractivity contribution in [2.75, 3.05) is 37.0 Å². The van der Waals surface area contributed by atoms with Crippen LogP contribution in [0.15, 0.2) is 47.4 Å². The van der Waals surface area contributed by atoms with E-state index in [1.807, 2.05) is 0 Å². The van der Waals surface area contributed by atoms with Gasteiger partial charge in [-0.1, -0.05) is 36.2 Å². The van der Waals surface area contributed by atoms with E-state index in [0.29, 0.717) is 29.3 Å². The maximum Gasteiger partial charge on any atom is 0.417 e. The van der Waals surface area contributed by atoms with Crippen molar-refractivity contribution in [3.8, 4) is 0 Å². The summed E-state index contributed by atoms with van der Waals surface area (Å²) in [7, 11) is -4.34. The fourth-order valence-corrected chi connectivity index (χ4v) is 5.68. The van der Waals surface area contributed by atoms with Crippen molar-refractivity contribution < 1.29 is 26.4 Å². The number of anilines is 1. The van der Waals surface area contributed by atoms with Crippen LogP contribution in [0.4, 0.5) is 18.9 Å². The van der Waals surface area contributed by atoms with Crippen LogP contribution in [0, 0.1) is 12.8 Å². The van der Waals surface area contributed by atoms with Crippen LogP contribution in [0.5, 0.6) is 0 Å². The Kier molecular flexibility index (Phi) is 9.29. The van der Waals surface area contributed by atoms with Crippen molar-refractivity contribution in [2.24, 2.45) is 5.92 Å². The van der Waals surface area contributed by atoms with Gasteiger partial charge >= 0.3 is 6.18 Å². The van der Waals surface area contributed by atoms with Crippen LogP contribution in [-0.4, -0.2) is 51.9 Å². The monoisotopic (exact) mass is 545 g/mol. The topological polar surface area (TPSA) is 69.7 Å². The molecular weight excluding hydrogens is 515 g/mol. The molecule has 2 aromatic rings. The van der Waals surface area contributed by atoms with Crippen LogP contribution in [0.25, 0.3) is 0 Å². The molecule has 0 aromatic heterocycles. The molecule has 36 heavy (non-hydrogen) atoms. The number of carbonyl (C=O) groups is 1. The summed E-state index contributed by atoms with van der Waals surface area (Å²) in [5.41, 5.74) is -0.667. The van der Waals surface area contributed by atoms with Crippen molar-refractivity contribution in [1.82, 2.24) is 10.2 Å². The van der Waals surface area contributed by atoms with Crippen molar-refractivity contribution in [1.29, 1.82) is 0 Å². The predicted octanol–water partition coefficient (Wildman–Crippen LogP) is 5.10. The number of hydrogen-bond acceptors (Lipinski definition) is 4. The first-order valence-corrected chi connectivity index (χ1v) is 13.6. The minimum absolute atomic E-state index is 0.135. The molecule has 6 nitrogen and oxygen atoms in total. The molecule has 2 aromatic carbocycles. The zero-order valence-corrected chi connectivity index (χ0v) is 21.9. The van der Waals surface area contributed by atoms with Gasteiger partial charge in [0.05, 0.1) is 21.2 Å². The smallest absolute Gasteiger partial charge is 0.354 e. The van der Waals surface area contributed by atoms with Gasteiger partial charge in [0.25, 0.3) is 10.0 Å². The molecule has 1 amide bonds. The predicted molar refractivity (Wildman–Crippen MR) is 135 cm³/mol. The van der Waals surface area contributed by atoms with Gasteiger partial charge in [0.15, 0.2) is 0 Å². The summed E-state index contributed by atoms with van der Waals surface area (Å²) in [6.45, 7) is 6.50. The van der Waals surface area contributed by atoms with Crippen molar-refractivity contribution in [2.45, 2.75) is 44.2 Å². The van der Waals surface area contributed by atoms with Crippen LogP contribution in [0.1, 0.15) is 37.3 Å². The lowest BCUT2D eigenvalue weighted by Gasteiger charge is -2.30. The van der Waals surface area contributed by atoms with E-state index in [2.05, 4.69) is 17.1 Å². The fourth-order valence-electron chi connectivity index (χ4n) is 4.04. The van der Waals surface area contributed by atoms with Crippen LogP contribution < -0.4 is 9.62 Å². The average Bonchev–Trinajstić information content (AvgIpc) is 2.81. The quantitative estimate of drug-likeness (QED) is 0.445. The number of rotatable bonds is 9. The Morgan fingerprint density at radius 1 is 1.14 bits per heavy atom. The highest BCUT2D eigenvalue weighted by Gasteiger charge is 2.35. The molecule has 0 spiro atoms. The van der Waals surface area contributed by atoms with Gasteiger partial charge < -0.3 is 10.2 Å². The first-order chi connectivity index (χ1) is 16.9. The Balaban J connectivity index is 1.77. The Labute approximate surface area is 215 Å². The highest BCUT2D eigenvalue weighted by atomic mass is 35.5. The normalized spacial score (nSPS) is 15.6. The van der Waals surface area contributed by atoms with E-state index >= 15 is 0 Å². The minimum atomic E-state index is -4.79. The number of hydrogen-bond donors (Lipinski definition) is 1. The number of nitrogens with zero attached hydrogens (tertiary/aromatic N) is 2. The molecule has 1 aliphatic rings. The number of sulfonamides is 1. The number of carbonyl (C=O) groups excluding carboxylic acids is 1. The van der Waals surface area contributed by atoms with Crippen LogP contribution in [-0.2, 0) is 21.0 Å². The summed E-state index contributed by atoms with van der Waals surface area (Å²) in [5, 5.41) is 2.14. The number of likely N-dealkylation sites (tertiary alicyclic amines) is 1. The second-order valence-corrected chi connectivity index (χ2v) is 11.5. The van der Waals surface area contributed by atoms with Crippen LogP contribution in [0.2, 0.25) is 5.02 Å². The maximum atomic E-state index is 13.5. The lowest BCUT2D eigenvalue weighted by molar-refractivity contribution is -0.137. The molecule has 0 unspecified atom stereocenters. The van der Waals surface area contributed by atoms with E-state index in [4.69, 9.17) is 11.6 Å². The van der Waals surface area contributed by atoms with Crippen molar-refractivity contribution >= 4 is 33.2 Å². The largest absolute Gasteiger partial charge is 0.417 e. The lowest BCUT2D eigenvalue weighted by Crippen LogP contribution is -2.42. The molecular formula is C25H31ClF3N3O3S. The van der Waals surface area contributed by atoms with Gasteiger partial charge in [-0.15, -0.1) is 0 Å². The third kappa shape index (κ3) is 7.36. The van der Waals surface area contributed by atoms with E-state index in [-0.39, 0.29) is 10.6 Å². The summed E-state index contributed by atoms with van der Waals surface area (Å²) in [5.74, 6) is 0.106. The molecule has 198 valence electrons. The molecule has 1 saturated heterocycles. The number of nitrogens with one attached hydrogen (secondary N) is 1. The van der Waals surface area contributed by atoms with Gasteiger partial charge in [0, 0.05) is 6.54 Å². The fraction of sp³-hybridized carbons (Fsp3) is 0.480. The molecule has 0 bridgehead atoms. The highest BCUT2D eigenvalue weighted by molar-refractivity contribution is 7.92. The number of aryl methyl sites for hydroxylation is 1. The molecule has 0 radical (unpaired) electrons. The first-order valence-electron chi connectivity index (χ1n) is 11.8. The van der Waals surface area contributed by atoms with Crippen molar-refractivity contribution in [3.05, 3.63) is 58.6 Å². The van der Waals surface area contributed by atoms with Crippen LogP contribution >= 0.6 is 11.6 Å². The summed E-state index contributed by atoms with van der Waals surface area (Å²) in [6.07, 6.45) is -1.83. The summed E-state index contributed by atoms with van der Waals surface area (Å²) in [4.78, 5) is 14.9. The Morgan fingerprint density at radius 3 is 2.39 bits per heavy atom. The standard InChI is InChI=1S/C25H31ClF3N3O3S/c1-18-4-7-21(8-5-18)36(34,35)32(20-6-9-23(26)22(16-20)25(27,28)29)17-24(33)30-12-3-13-31-14-10-19(2)11-15-31/h4-9,16,19H,3,10-15,17H2,1-2H3,(H,30,33). The maximum absolute atomic E-state index is 13.5. The molecule has 3 rings (SSSR count). The van der Waals surface area contributed by atoms with Gasteiger partial charge in [-0.3, -0.25) is 9.10 Å². The van der Waals surface area contributed by atoms with Gasteiger partial charge in [0.2, 0.25) is 5.91 Å². The van der Waals surface area contributed by atoms with Gasteiger partial charge in [-0.25, -0.2) is 8.42 Å². The van der Waals surface area contributed by atoms with Crippen LogP contribution in [0.3, 0.4) is 0 Å². The highest BCUT2D eigenvalue weighted by Crippen LogP contribution is 2.38. The van der Waals surface area contributed by atoms with E-state index < -0.39 is 39.2 Å². The molecule has 0 saturated carbocycles. The summed E-state index contributed by atoms with van der Waals surface area (Å²) < 4.78 is 67.9. The summed E-state index contributed by atoms with van der Waals surface area (Å²) >= 11 is 5.73. The second kappa shape index (κ2) is 11.8. The Hall–Kier alpha value is -2.30. The number of benzene rings is 2. The van der Waals surface area contributed by atoms with E-state index in [0.717, 1.165) is 50.2 Å². The Bertz CT molecular complexity index is 1150. The Morgan fingerprint density at radius 2 is 1.78 bits per heavy atom. The molecule has 0 aliphatic carbocycles. The third-order valence-corrected chi connectivity index (χ3v) is 8.41. The SMILES string of the molecule is Cc1ccc(S(=O)(=O)N(CC(=O)NCCCN2CCC(C)CC2)c2ccc(Cl)c(C(F)(F)F)c2)cc1.